The van der Waals surface area contributed by atoms with Crippen LogP contribution >= 0.6 is 0 Å². The van der Waals surface area contributed by atoms with Crippen LogP contribution in [0.1, 0.15) is 24.0 Å². The largest absolute Gasteiger partial charge is 0.384 e. The maximum Gasteiger partial charge on any atom is 0.131 e. The Morgan fingerprint density at radius 1 is 1.17 bits per heavy atom. The van der Waals surface area contributed by atoms with E-state index in [0.717, 1.165) is 65.3 Å². The van der Waals surface area contributed by atoms with Crippen LogP contribution in [-0.4, -0.2) is 34.6 Å². The Morgan fingerprint density at radius 2 is 2.03 bits per heavy atom. The maximum absolute atomic E-state index is 12.6. The third-order valence-corrected chi connectivity index (χ3v) is 6.79. The molecule has 29 heavy (non-hydrogen) atoms. The summed E-state index contributed by atoms with van der Waals surface area (Å²) in [5.41, 5.74) is 10.1. The number of hydrogen-bond donors (Lipinski definition) is 2. The van der Waals surface area contributed by atoms with E-state index in [1.54, 1.807) is 0 Å². The molecule has 0 saturated carbocycles. The third-order valence-electron chi connectivity index (χ3n) is 5.35. The Kier molecular flexibility index (Phi) is 6.11. The smallest absolute Gasteiger partial charge is 0.131 e. The van der Waals surface area contributed by atoms with Gasteiger partial charge in [0.15, 0.2) is 0 Å². The molecule has 152 valence electrons. The average Bonchev–Trinajstić information content (AvgIpc) is 2.90. The highest BCUT2D eigenvalue weighted by atomic mass is 32.2. The van der Waals surface area contributed by atoms with E-state index in [0.29, 0.717) is 12.3 Å². The number of nitrogens with two attached hydrogens (primary N) is 1. The van der Waals surface area contributed by atoms with Gasteiger partial charge in [0.2, 0.25) is 0 Å². The molecule has 1 aliphatic rings. The Balaban J connectivity index is 1.70. The molecule has 2 aromatic carbocycles. The van der Waals surface area contributed by atoms with Crippen LogP contribution in [0.3, 0.4) is 0 Å². The molecule has 6 heteroatoms. The zero-order chi connectivity index (χ0) is 20.2. The normalized spacial score (nSPS) is 16.5. The van der Waals surface area contributed by atoms with Crippen molar-refractivity contribution in [1.82, 2.24) is 4.98 Å². The van der Waals surface area contributed by atoms with Crippen LogP contribution in [0.25, 0.3) is 10.9 Å². The standard InChI is InChI=1S/C23H28N4OS/c1-17-8-9-20-19(14-17)21(25-11-5-4-10-24)15-23(26-20)27-12-13-29(28)22-7-3-2-6-18(22)16-27/h2-3,6-9,14-15H,4-5,10-13,16,24H2,1H3,(H,25,26). The summed E-state index contributed by atoms with van der Waals surface area (Å²) in [6, 6.07) is 16.5. The second-order valence-corrected chi connectivity index (χ2v) is 9.09. The van der Waals surface area contributed by atoms with Crippen molar-refractivity contribution in [3.05, 3.63) is 59.7 Å². The Hall–Kier alpha value is -2.44. The molecule has 0 saturated heterocycles. The van der Waals surface area contributed by atoms with Gasteiger partial charge in [-0.15, -0.1) is 0 Å². The molecule has 5 nitrogen and oxygen atoms in total. The van der Waals surface area contributed by atoms with Crippen molar-refractivity contribution in [1.29, 1.82) is 0 Å². The van der Waals surface area contributed by atoms with Crippen LogP contribution < -0.4 is 16.0 Å². The average molecular weight is 409 g/mol. The number of benzene rings is 2. The third kappa shape index (κ3) is 4.43. The van der Waals surface area contributed by atoms with Gasteiger partial charge in [-0.3, -0.25) is 4.21 Å². The summed E-state index contributed by atoms with van der Waals surface area (Å²) in [4.78, 5) is 8.15. The van der Waals surface area contributed by atoms with Gasteiger partial charge < -0.3 is 16.0 Å². The van der Waals surface area contributed by atoms with Crippen molar-refractivity contribution in [3.8, 4) is 0 Å². The summed E-state index contributed by atoms with van der Waals surface area (Å²) in [7, 11) is -0.967. The molecular formula is C23H28N4OS. The summed E-state index contributed by atoms with van der Waals surface area (Å²) in [5, 5.41) is 4.73. The number of nitrogens with zero attached hydrogens (tertiary/aromatic N) is 2. The lowest BCUT2D eigenvalue weighted by Crippen LogP contribution is -2.26. The van der Waals surface area contributed by atoms with Gasteiger partial charge in [0, 0.05) is 47.4 Å². The van der Waals surface area contributed by atoms with Gasteiger partial charge in [0.25, 0.3) is 0 Å². The molecule has 3 aromatic rings. The SMILES string of the molecule is Cc1ccc2nc(N3CCS(=O)c4ccccc4C3)cc(NCCCCN)c2c1. The van der Waals surface area contributed by atoms with Gasteiger partial charge in [-0.1, -0.05) is 29.8 Å². The number of hydrogen-bond acceptors (Lipinski definition) is 5. The molecule has 0 amide bonds. The molecule has 0 aliphatic carbocycles. The second kappa shape index (κ2) is 8.93. The summed E-state index contributed by atoms with van der Waals surface area (Å²) in [6.07, 6.45) is 2.05. The molecular weight excluding hydrogens is 380 g/mol. The van der Waals surface area contributed by atoms with Crippen molar-refractivity contribution in [2.45, 2.75) is 31.2 Å². The van der Waals surface area contributed by atoms with E-state index in [-0.39, 0.29) is 0 Å². The van der Waals surface area contributed by atoms with Gasteiger partial charge >= 0.3 is 0 Å². The minimum atomic E-state index is -0.967. The molecule has 2 heterocycles. The molecule has 0 spiro atoms. The van der Waals surface area contributed by atoms with Crippen molar-refractivity contribution < 1.29 is 4.21 Å². The summed E-state index contributed by atoms with van der Waals surface area (Å²) < 4.78 is 12.6. The van der Waals surface area contributed by atoms with E-state index in [4.69, 9.17) is 10.7 Å². The van der Waals surface area contributed by atoms with Crippen molar-refractivity contribution >= 4 is 33.2 Å². The second-order valence-electron chi connectivity index (χ2n) is 7.55. The first-order valence-electron chi connectivity index (χ1n) is 10.2. The number of fused-ring (bicyclic) bond motifs is 2. The van der Waals surface area contributed by atoms with Gasteiger partial charge in [-0.2, -0.15) is 0 Å². The first kappa shape index (κ1) is 19.9. The number of aryl methyl sites for hydroxylation is 1. The summed E-state index contributed by atoms with van der Waals surface area (Å²) >= 11 is 0. The van der Waals surface area contributed by atoms with E-state index < -0.39 is 10.8 Å². The predicted octanol–water partition coefficient (Wildman–Crippen LogP) is 3.82. The highest BCUT2D eigenvalue weighted by molar-refractivity contribution is 7.85. The lowest BCUT2D eigenvalue weighted by atomic mass is 10.1. The molecule has 0 fully saturated rings. The molecule has 1 atom stereocenters. The lowest BCUT2D eigenvalue weighted by molar-refractivity contribution is 0.683. The van der Waals surface area contributed by atoms with E-state index in [1.807, 2.05) is 18.2 Å². The number of unbranched alkanes of at least 4 members (excludes halogenated alkanes) is 1. The first-order valence-corrected chi connectivity index (χ1v) is 11.5. The highest BCUT2D eigenvalue weighted by Gasteiger charge is 2.21. The van der Waals surface area contributed by atoms with Crippen LogP contribution in [0.5, 0.6) is 0 Å². The topological polar surface area (TPSA) is 71.2 Å². The number of anilines is 2. The number of pyridine rings is 1. The van der Waals surface area contributed by atoms with Crippen LogP contribution in [0.2, 0.25) is 0 Å². The van der Waals surface area contributed by atoms with Gasteiger partial charge in [0.05, 0.1) is 16.3 Å². The molecule has 0 radical (unpaired) electrons. The van der Waals surface area contributed by atoms with Crippen molar-refractivity contribution in [2.24, 2.45) is 5.73 Å². The van der Waals surface area contributed by atoms with Crippen LogP contribution in [0, 0.1) is 6.92 Å². The van der Waals surface area contributed by atoms with Crippen LogP contribution in [-0.2, 0) is 17.3 Å². The summed E-state index contributed by atoms with van der Waals surface area (Å²) in [6.45, 7) is 5.15. The fourth-order valence-electron chi connectivity index (χ4n) is 3.77. The fraction of sp³-hybridized carbons (Fsp3) is 0.348. The van der Waals surface area contributed by atoms with Gasteiger partial charge in [-0.25, -0.2) is 4.98 Å². The van der Waals surface area contributed by atoms with Gasteiger partial charge in [0.1, 0.15) is 5.82 Å². The van der Waals surface area contributed by atoms with E-state index in [2.05, 4.69) is 47.5 Å². The molecule has 1 aliphatic heterocycles. The Labute approximate surface area is 174 Å². The van der Waals surface area contributed by atoms with E-state index in [1.165, 1.54) is 5.56 Å². The zero-order valence-electron chi connectivity index (χ0n) is 16.9. The minimum Gasteiger partial charge on any atom is -0.384 e. The predicted molar refractivity (Wildman–Crippen MR) is 122 cm³/mol. The van der Waals surface area contributed by atoms with Crippen LogP contribution in [0.4, 0.5) is 11.5 Å². The minimum absolute atomic E-state index is 0.615. The molecule has 0 bridgehead atoms. The fourth-order valence-corrected chi connectivity index (χ4v) is 5.03. The van der Waals surface area contributed by atoms with Crippen molar-refractivity contribution in [3.63, 3.8) is 0 Å². The van der Waals surface area contributed by atoms with E-state index in [9.17, 15) is 4.21 Å². The number of nitrogens with one attached hydrogen (secondary N) is 1. The molecule has 3 N–H and O–H groups in total. The van der Waals surface area contributed by atoms with Crippen molar-refractivity contribution in [2.75, 3.05) is 35.6 Å². The molecule has 1 unspecified atom stereocenters. The van der Waals surface area contributed by atoms with E-state index >= 15 is 0 Å². The Morgan fingerprint density at radius 3 is 2.90 bits per heavy atom. The zero-order valence-corrected chi connectivity index (χ0v) is 17.7. The quantitative estimate of drug-likeness (QED) is 0.607. The lowest BCUT2D eigenvalue weighted by Gasteiger charge is -2.23. The monoisotopic (exact) mass is 408 g/mol. The maximum atomic E-state index is 12.6. The number of aromatic nitrogens is 1. The molecule has 4 rings (SSSR count). The molecule has 1 aromatic heterocycles. The highest BCUT2D eigenvalue weighted by Crippen LogP contribution is 2.30. The first-order chi connectivity index (χ1) is 14.2. The summed E-state index contributed by atoms with van der Waals surface area (Å²) in [5.74, 6) is 1.54. The van der Waals surface area contributed by atoms with Gasteiger partial charge in [-0.05, 0) is 50.1 Å². The van der Waals surface area contributed by atoms with Crippen LogP contribution in [0.15, 0.2) is 53.4 Å². The number of rotatable bonds is 6. The Bertz CT molecular complexity index is 1040.